The maximum Gasteiger partial charge on any atom is 0.140 e. The van der Waals surface area contributed by atoms with Crippen LogP contribution >= 0.6 is 0 Å². The lowest BCUT2D eigenvalue weighted by atomic mass is 9.92. The van der Waals surface area contributed by atoms with Crippen molar-refractivity contribution in [2.24, 2.45) is 5.92 Å². The Kier molecular flexibility index (Phi) is 4.88. The zero-order chi connectivity index (χ0) is 10.4. The Balaban J connectivity index is 2.19. The second kappa shape index (κ2) is 5.97. The predicted molar refractivity (Wildman–Crippen MR) is 52.4 cm³/mol. The molecule has 0 aliphatic carbocycles. The Morgan fingerprint density at radius 3 is 2.71 bits per heavy atom. The number of rotatable bonds is 4. The van der Waals surface area contributed by atoms with Crippen molar-refractivity contribution in [1.29, 1.82) is 5.26 Å². The molecule has 1 fully saturated rings. The van der Waals surface area contributed by atoms with Gasteiger partial charge in [0.2, 0.25) is 0 Å². The Hall–Kier alpha value is -0.630. The molecule has 4 nitrogen and oxygen atoms in total. The number of aliphatic hydroxyl groups is 1. The number of likely N-dealkylation sites (tertiary alicyclic amines) is 1. The summed E-state index contributed by atoms with van der Waals surface area (Å²) >= 11 is 0. The Bertz CT molecular complexity index is 195. The molecule has 4 heteroatoms. The van der Waals surface area contributed by atoms with Gasteiger partial charge in [-0.3, -0.25) is 4.90 Å². The van der Waals surface area contributed by atoms with Crippen molar-refractivity contribution in [2.45, 2.75) is 25.4 Å². The fourth-order valence-corrected chi connectivity index (χ4v) is 1.90. The van der Waals surface area contributed by atoms with E-state index in [9.17, 15) is 5.11 Å². The van der Waals surface area contributed by atoms with Crippen LogP contribution in [0.3, 0.4) is 0 Å². The first kappa shape index (κ1) is 11.4. The van der Waals surface area contributed by atoms with Gasteiger partial charge in [0, 0.05) is 20.2 Å². The summed E-state index contributed by atoms with van der Waals surface area (Å²) in [6.07, 6.45) is 1.95. The SMILES string of the molecule is COCN1CCC(CC(O)C#N)CC1. The second-order valence-electron chi connectivity index (χ2n) is 3.86. The van der Waals surface area contributed by atoms with Crippen molar-refractivity contribution in [3.63, 3.8) is 0 Å². The lowest BCUT2D eigenvalue weighted by molar-refractivity contribution is 0.0340. The standard InChI is InChI=1S/C10H18N2O2/c1-14-8-12-4-2-9(3-5-12)6-10(13)7-11/h9-10,13H,2-6,8H2,1H3. The zero-order valence-corrected chi connectivity index (χ0v) is 8.65. The van der Waals surface area contributed by atoms with Crippen LogP contribution in [-0.2, 0) is 4.74 Å². The van der Waals surface area contributed by atoms with Crippen LogP contribution in [-0.4, -0.2) is 43.0 Å². The summed E-state index contributed by atoms with van der Waals surface area (Å²) < 4.78 is 5.04. The van der Waals surface area contributed by atoms with Crippen molar-refractivity contribution in [1.82, 2.24) is 4.90 Å². The smallest absolute Gasteiger partial charge is 0.140 e. The maximum absolute atomic E-state index is 9.18. The number of aliphatic hydroxyl groups excluding tert-OH is 1. The van der Waals surface area contributed by atoms with Crippen LogP contribution in [0.2, 0.25) is 0 Å². The van der Waals surface area contributed by atoms with Crippen molar-refractivity contribution >= 4 is 0 Å². The number of nitrogens with zero attached hydrogens (tertiary/aromatic N) is 2. The fraction of sp³-hybridized carbons (Fsp3) is 0.900. The van der Waals surface area contributed by atoms with Crippen LogP contribution in [0.25, 0.3) is 0 Å². The molecule has 1 aliphatic heterocycles. The van der Waals surface area contributed by atoms with E-state index in [2.05, 4.69) is 4.90 Å². The molecule has 80 valence electrons. The number of nitriles is 1. The number of ether oxygens (including phenoxy) is 1. The molecule has 0 aromatic carbocycles. The molecule has 0 aromatic heterocycles. The molecule has 1 saturated heterocycles. The van der Waals surface area contributed by atoms with E-state index < -0.39 is 6.10 Å². The molecule has 1 rings (SSSR count). The molecule has 1 unspecified atom stereocenters. The van der Waals surface area contributed by atoms with Gasteiger partial charge in [0.1, 0.15) is 6.10 Å². The largest absolute Gasteiger partial charge is 0.378 e. The lowest BCUT2D eigenvalue weighted by Crippen LogP contribution is -2.35. The molecule has 0 bridgehead atoms. The zero-order valence-electron chi connectivity index (χ0n) is 8.65. The van der Waals surface area contributed by atoms with Gasteiger partial charge in [-0.25, -0.2) is 0 Å². The molecule has 0 amide bonds. The first-order valence-electron chi connectivity index (χ1n) is 5.05. The van der Waals surface area contributed by atoms with Gasteiger partial charge in [-0.05, 0) is 25.2 Å². The molecule has 0 aromatic rings. The molecule has 1 atom stereocenters. The molecular weight excluding hydrogens is 180 g/mol. The average molecular weight is 198 g/mol. The van der Waals surface area contributed by atoms with Crippen LogP contribution in [0.5, 0.6) is 0 Å². The molecule has 14 heavy (non-hydrogen) atoms. The Morgan fingerprint density at radius 2 is 2.21 bits per heavy atom. The Labute approximate surface area is 85.1 Å². The van der Waals surface area contributed by atoms with E-state index in [-0.39, 0.29) is 0 Å². The number of methoxy groups -OCH3 is 1. The summed E-state index contributed by atoms with van der Waals surface area (Å²) in [5.41, 5.74) is 0. The summed E-state index contributed by atoms with van der Waals surface area (Å²) in [6.45, 7) is 2.71. The molecule has 0 spiro atoms. The van der Waals surface area contributed by atoms with Crippen molar-refractivity contribution in [3.05, 3.63) is 0 Å². The first-order chi connectivity index (χ1) is 6.76. The van der Waals surface area contributed by atoms with Crippen molar-refractivity contribution in [2.75, 3.05) is 26.9 Å². The van der Waals surface area contributed by atoms with E-state index in [0.717, 1.165) is 25.9 Å². The first-order valence-corrected chi connectivity index (χ1v) is 5.05. The quantitative estimate of drug-likeness (QED) is 0.671. The fourth-order valence-electron chi connectivity index (χ4n) is 1.90. The van der Waals surface area contributed by atoms with Gasteiger partial charge < -0.3 is 9.84 Å². The van der Waals surface area contributed by atoms with Crippen molar-refractivity contribution in [3.8, 4) is 6.07 Å². The lowest BCUT2D eigenvalue weighted by Gasteiger charge is -2.31. The predicted octanol–water partition coefficient (Wildman–Crippen LogP) is 0.577. The molecular formula is C10H18N2O2. The minimum atomic E-state index is -0.783. The minimum absolute atomic E-state index is 0.498. The highest BCUT2D eigenvalue weighted by molar-refractivity contribution is 4.85. The van der Waals surface area contributed by atoms with Gasteiger partial charge in [-0.15, -0.1) is 0 Å². The van der Waals surface area contributed by atoms with Crippen LogP contribution < -0.4 is 0 Å². The second-order valence-corrected chi connectivity index (χ2v) is 3.86. The van der Waals surface area contributed by atoms with Gasteiger partial charge in [0.25, 0.3) is 0 Å². The third-order valence-corrected chi connectivity index (χ3v) is 2.72. The maximum atomic E-state index is 9.18. The van der Waals surface area contributed by atoms with Crippen LogP contribution in [0.4, 0.5) is 0 Å². The summed E-state index contributed by atoms with van der Waals surface area (Å²) in [5, 5.41) is 17.7. The van der Waals surface area contributed by atoms with E-state index in [1.807, 2.05) is 6.07 Å². The van der Waals surface area contributed by atoms with Gasteiger partial charge >= 0.3 is 0 Å². The topological polar surface area (TPSA) is 56.5 Å². The third kappa shape index (κ3) is 3.62. The van der Waals surface area contributed by atoms with E-state index in [1.54, 1.807) is 7.11 Å². The molecule has 0 radical (unpaired) electrons. The van der Waals surface area contributed by atoms with E-state index in [0.29, 0.717) is 19.1 Å². The molecule has 1 N–H and O–H groups in total. The third-order valence-electron chi connectivity index (χ3n) is 2.72. The summed E-state index contributed by atoms with van der Waals surface area (Å²) in [7, 11) is 1.70. The molecule has 1 aliphatic rings. The van der Waals surface area contributed by atoms with Crippen LogP contribution in [0, 0.1) is 17.2 Å². The number of hydrogen-bond donors (Lipinski definition) is 1. The highest BCUT2D eigenvalue weighted by Gasteiger charge is 2.20. The van der Waals surface area contributed by atoms with E-state index in [1.165, 1.54) is 0 Å². The van der Waals surface area contributed by atoms with Gasteiger partial charge in [0.15, 0.2) is 0 Å². The average Bonchev–Trinajstić information content (AvgIpc) is 2.21. The highest BCUT2D eigenvalue weighted by atomic mass is 16.5. The normalized spacial score (nSPS) is 21.8. The summed E-state index contributed by atoms with van der Waals surface area (Å²) in [4.78, 5) is 2.25. The van der Waals surface area contributed by atoms with E-state index >= 15 is 0 Å². The monoisotopic (exact) mass is 198 g/mol. The minimum Gasteiger partial charge on any atom is -0.378 e. The number of hydrogen-bond acceptors (Lipinski definition) is 4. The summed E-state index contributed by atoms with van der Waals surface area (Å²) in [6, 6.07) is 1.87. The van der Waals surface area contributed by atoms with Crippen LogP contribution in [0.15, 0.2) is 0 Å². The Morgan fingerprint density at radius 1 is 1.57 bits per heavy atom. The van der Waals surface area contributed by atoms with Gasteiger partial charge in [0.05, 0.1) is 12.8 Å². The van der Waals surface area contributed by atoms with Crippen LogP contribution in [0.1, 0.15) is 19.3 Å². The van der Waals surface area contributed by atoms with Gasteiger partial charge in [-0.2, -0.15) is 5.26 Å². The summed E-state index contributed by atoms with van der Waals surface area (Å²) in [5.74, 6) is 0.498. The molecule has 0 saturated carbocycles. The number of piperidine rings is 1. The molecule has 1 heterocycles. The van der Waals surface area contributed by atoms with Gasteiger partial charge in [-0.1, -0.05) is 0 Å². The van der Waals surface area contributed by atoms with Crippen molar-refractivity contribution < 1.29 is 9.84 Å². The highest BCUT2D eigenvalue weighted by Crippen LogP contribution is 2.21. The van der Waals surface area contributed by atoms with E-state index in [4.69, 9.17) is 10.00 Å².